The molecule has 5 nitrogen and oxygen atoms in total. The fourth-order valence-electron chi connectivity index (χ4n) is 2.30. The fraction of sp³-hybridized carbons (Fsp3) is 0.500. The summed E-state index contributed by atoms with van der Waals surface area (Å²) in [7, 11) is 1.42. The number of Topliss-reactive ketones (excluding diaryl/α,β-unsaturated/α-hetero) is 1. The lowest BCUT2D eigenvalue weighted by atomic mass is 9.89. The molecule has 0 aromatic heterocycles. The standard InChI is InChI=1S/C14H18O5/c1-7(15)12-9(16)6-10-8(13(12)18-4)5-11(17)14(2,3)19-10/h6,11,16-17H,5H2,1-4H3. The van der Waals surface area contributed by atoms with Crippen molar-refractivity contribution in [1.82, 2.24) is 0 Å². The Morgan fingerprint density at radius 2 is 2.16 bits per heavy atom. The Hall–Kier alpha value is -1.75. The van der Waals surface area contributed by atoms with Gasteiger partial charge in [-0.05, 0) is 20.8 Å². The van der Waals surface area contributed by atoms with E-state index in [2.05, 4.69) is 0 Å². The van der Waals surface area contributed by atoms with Crippen LogP contribution in [-0.2, 0) is 6.42 Å². The lowest BCUT2D eigenvalue weighted by molar-refractivity contribution is -0.0418. The molecule has 5 heteroatoms. The molecule has 0 saturated heterocycles. The van der Waals surface area contributed by atoms with Gasteiger partial charge in [-0.3, -0.25) is 4.79 Å². The average Bonchev–Trinajstić information content (AvgIpc) is 2.28. The lowest BCUT2D eigenvalue weighted by Gasteiger charge is -2.37. The van der Waals surface area contributed by atoms with Gasteiger partial charge in [-0.15, -0.1) is 0 Å². The summed E-state index contributed by atoms with van der Waals surface area (Å²) in [5.41, 5.74) is -0.0172. The highest BCUT2D eigenvalue weighted by molar-refractivity contribution is 6.00. The Balaban J connectivity index is 2.66. The molecule has 0 saturated carbocycles. The van der Waals surface area contributed by atoms with Crippen LogP contribution >= 0.6 is 0 Å². The zero-order valence-electron chi connectivity index (χ0n) is 11.5. The third-order valence-electron chi connectivity index (χ3n) is 3.45. The maximum Gasteiger partial charge on any atom is 0.167 e. The number of phenolic OH excluding ortho intramolecular Hbond substituents is 1. The molecular weight excluding hydrogens is 248 g/mol. The van der Waals surface area contributed by atoms with Gasteiger partial charge < -0.3 is 19.7 Å². The van der Waals surface area contributed by atoms with Crippen LogP contribution in [0.5, 0.6) is 17.2 Å². The van der Waals surface area contributed by atoms with Gasteiger partial charge in [0, 0.05) is 18.1 Å². The van der Waals surface area contributed by atoms with E-state index in [4.69, 9.17) is 9.47 Å². The van der Waals surface area contributed by atoms with E-state index in [0.717, 1.165) is 0 Å². The Labute approximate surface area is 111 Å². The monoisotopic (exact) mass is 266 g/mol. The molecule has 1 aromatic carbocycles. The molecule has 2 rings (SSSR count). The van der Waals surface area contributed by atoms with Crippen molar-refractivity contribution in [3.05, 3.63) is 17.2 Å². The van der Waals surface area contributed by atoms with Crippen LogP contribution in [0, 0.1) is 0 Å². The maximum absolute atomic E-state index is 11.6. The van der Waals surface area contributed by atoms with Crippen LogP contribution in [0.1, 0.15) is 36.7 Å². The van der Waals surface area contributed by atoms with Gasteiger partial charge >= 0.3 is 0 Å². The van der Waals surface area contributed by atoms with Crippen molar-refractivity contribution < 1.29 is 24.5 Å². The number of methoxy groups -OCH3 is 1. The second kappa shape index (κ2) is 4.42. The smallest absolute Gasteiger partial charge is 0.167 e. The number of aromatic hydroxyl groups is 1. The van der Waals surface area contributed by atoms with E-state index in [0.29, 0.717) is 17.7 Å². The molecule has 0 radical (unpaired) electrons. The van der Waals surface area contributed by atoms with Gasteiger partial charge in [0.15, 0.2) is 5.78 Å². The molecule has 0 bridgehead atoms. The zero-order chi connectivity index (χ0) is 14.4. The van der Waals surface area contributed by atoms with Gasteiger partial charge in [-0.25, -0.2) is 0 Å². The number of carbonyl (C=O) groups is 1. The van der Waals surface area contributed by atoms with E-state index in [-0.39, 0.29) is 22.8 Å². The van der Waals surface area contributed by atoms with Gasteiger partial charge in [0.2, 0.25) is 0 Å². The van der Waals surface area contributed by atoms with E-state index >= 15 is 0 Å². The van der Waals surface area contributed by atoms with Crippen LogP contribution < -0.4 is 9.47 Å². The topological polar surface area (TPSA) is 76.0 Å². The van der Waals surface area contributed by atoms with E-state index < -0.39 is 11.7 Å². The van der Waals surface area contributed by atoms with E-state index in [1.165, 1.54) is 20.1 Å². The quantitative estimate of drug-likeness (QED) is 0.796. The Morgan fingerprint density at radius 3 is 2.68 bits per heavy atom. The molecule has 0 aliphatic carbocycles. The highest BCUT2D eigenvalue weighted by Gasteiger charge is 2.38. The first-order chi connectivity index (χ1) is 8.77. The molecule has 0 fully saturated rings. The number of phenols is 1. The molecule has 19 heavy (non-hydrogen) atoms. The molecule has 104 valence electrons. The second-order valence-corrected chi connectivity index (χ2v) is 5.26. The normalized spacial score (nSPS) is 20.4. The number of hydrogen-bond donors (Lipinski definition) is 2. The summed E-state index contributed by atoms with van der Waals surface area (Å²) < 4.78 is 10.9. The molecule has 1 aliphatic rings. The van der Waals surface area contributed by atoms with E-state index in [9.17, 15) is 15.0 Å². The summed E-state index contributed by atoms with van der Waals surface area (Å²) in [6.07, 6.45) is -0.398. The van der Waals surface area contributed by atoms with Crippen LogP contribution in [0.4, 0.5) is 0 Å². The Morgan fingerprint density at radius 1 is 1.53 bits per heavy atom. The first-order valence-corrected chi connectivity index (χ1v) is 6.08. The van der Waals surface area contributed by atoms with Gasteiger partial charge in [0.05, 0.1) is 13.2 Å². The molecule has 1 atom stereocenters. The number of hydrogen-bond acceptors (Lipinski definition) is 5. The zero-order valence-corrected chi connectivity index (χ0v) is 11.5. The fourth-order valence-corrected chi connectivity index (χ4v) is 2.30. The number of aliphatic hydroxyl groups is 1. The van der Waals surface area contributed by atoms with Crippen molar-refractivity contribution in [3.63, 3.8) is 0 Å². The number of ketones is 1. The second-order valence-electron chi connectivity index (χ2n) is 5.26. The van der Waals surface area contributed by atoms with Crippen LogP contribution in [0.15, 0.2) is 6.07 Å². The number of benzene rings is 1. The Bertz CT molecular complexity index is 533. The molecule has 0 amide bonds. The summed E-state index contributed by atoms with van der Waals surface area (Å²) in [6, 6.07) is 1.40. The number of aliphatic hydroxyl groups excluding tert-OH is 1. The third kappa shape index (κ3) is 2.14. The molecule has 1 heterocycles. The first-order valence-electron chi connectivity index (χ1n) is 6.08. The van der Waals surface area contributed by atoms with Crippen molar-refractivity contribution in [2.45, 2.75) is 38.9 Å². The number of rotatable bonds is 2. The van der Waals surface area contributed by atoms with Crippen LogP contribution in [-0.4, -0.2) is 34.8 Å². The highest BCUT2D eigenvalue weighted by Crippen LogP contribution is 2.44. The largest absolute Gasteiger partial charge is 0.507 e. The van der Waals surface area contributed by atoms with E-state index in [1.54, 1.807) is 13.8 Å². The Kier molecular flexibility index (Phi) is 3.18. The van der Waals surface area contributed by atoms with Gasteiger partial charge in [0.25, 0.3) is 0 Å². The third-order valence-corrected chi connectivity index (χ3v) is 3.45. The van der Waals surface area contributed by atoms with Crippen molar-refractivity contribution >= 4 is 5.78 Å². The average molecular weight is 266 g/mol. The van der Waals surface area contributed by atoms with Crippen LogP contribution in [0.25, 0.3) is 0 Å². The highest BCUT2D eigenvalue weighted by atomic mass is 16.5. The van der Waals surface area contributed by atoms with Crippen molar-refractivity contribution in [2.24, 2.45) is 0 Å². The predicted octanol–water partition coefficient (Wildman–Crippen LogP) is 1.68. The van der Waals surface area contributed by atoms with Gasteiger partial charge in [0.1, 0.15) is 28.4 Å². The first kappa shape index (κ1) is 13.7. The van der Waals surface area contributed by atoms with E-state index in [1.807, 2.05) is 0 Å². The lowest BCUT2D eigenvalue weighted by Crippen LogP contribution is -2.46. The summed E-state index contributed by atoms with van der Waals surface area (Å²) in [5, 5.41) is 20.0. The number of carbonyl (C=O) groups excluding carboxylic acids is 1. The minimum atomic E-state index is -0.748. The molecular formula is C14H18O5. The summed E-state index contributed by atoms with van der Waals surface area (Å²) in [6.45, 7) is 4.89. The molecule has 0 spiro atoms. The molecule has 1 aromatic rings. The minimum absolute atomic E-state index is 0.122. The summed E-state index contributed by atoms with van der Waals surface area (Å²) >= 11 is 0. The van der Waals surface area contributed by atoms with Crippen molar-refractivity contribution in [2.75, 3.05) is 7.11 Å². The van der Waals surface area contributed by atoms with Crippen molar-refractivity contribution in [1.29, 1.82) is 0 Å². The SMILES string of the molecule is COc1c2c(cc(O)c1C(C)=O)OC(C)(C)C(O)C2. The summed E-state index contributed by atoms with van der Waals surface area (Å²) in [4.78, 5) is 11.6. The number of ether oxygens (including phenoxy) is 2. The van der Waals surface area contributed by atoms with Gasteiger partial charge in [-0.2, -0.15) is 0 Å². The maximum atomic E-state index is 11.6. The summed E-state index contributed by atoms with van der Waals surface area (Å²) in [5.74, 6) is 0.249. The molecule has 1 unspecified atom stereocenters. The predicted molar refractivity (Wildman–Crippen MR) is 69.1 cm³/mol. The van der Waals surface area contributed by atoms with Crippen LogP contribution in [0.3, 0.4) is 0 Å². The van der Waals surface area contributed by atoms with Gasteiger partial charge in [-0.1, -0.05) is 0 Å². The number of fused-ring (bicyclic) bond motifs is 1. The van der Waals surface area contributed by atoms with Crippen LogP contribution in [0.2, 0.25) is 0 Å². The van der Waals surface area contributed by atoms with Crippen molar-refractivity contribution in [3.8, 4) is 17.2 Å². The molecule has 1 aliphatic heterocycles. The minimum Gasteiger partial charge on any atom is -0.507 e. The molecule has 2 N–H and O–H groups in total.